The molecule has 0 radical (unpaired) electrons. The van der Waals surface area contributed by atoms with Crippen molar-refractivity contribution < 1.29 is 13.2 Å². The molecule has 1 aromatic rings. The molecule has 0 unspecified atom stereocenters. The van der Waals surface area contributed by atoms with Crippen molar-refractivity contribution in [2.24, 2.45) is 5.92 Å². The van der Waals surface area contributed by atoms with Crippen molar-refractivity contribution in [1.82, 2.24) is 9.97 Å². The average molecular weight is 368 g/mol. The van der Waals surface area contributed by atoms with Crippen LogP contribution in [0.15, 0.2) is 4.47 Å². The molecule has 3 nitrogen and oxygen atoms in total. The van der Waals surface area contributed by atoms with Crippen LogP contribution in [-0.4, -0.2) is 22.7 Å². The normalized spacial score (nSPS) is 12.0. The van der Waals surface area contributed by atoms with Crippen LogP contribution in [0.2, 0.25) is 0 Å². The van der Waals surface area contributed by atoms with E-state index < -0.39 is 12.6 Å². The van der Waals surface area contributed by atoms with Gasteiger partial charge in [-0.3, -0.25) is 0 Å². The van der Waals surface area contributed by atoms with E-state index in [0.717, 1.165) is 23.1 Å². The van der Waals surface area contributed by atoms with Crippen molar-refractivity contribution in [2.75, 3.05) is 11.9 Å². The molecule has 7 heteroatoms. The standard InChI is InChI=1S/C14H21BrF3N3/c1-4-7-19-13-12(15)10(8-9(2)3)20-11(21-13)5-6-14(16,17)18/h9H,4-8H2,1-3H3,(H,19,20,21). The summed E-state index contributed by atoms with van der Waals surface area (Å²) in [6.45, 7) is 6.82. The Morgan fingerprint density at radius 3 is 2.43 bits per heavy atom. The summed E-state index contributed by atoms with van der Waals surface area (Å²) >= 11 is 3.45. The Labute approximate surface area is 131 Å². The van der Waals surface area contributed by atoms with Crippen LogP contribution in [0.5, 0.6) is 0 Å². The molecule has 1 aromatic heterocycles. The van der Waals surface area contributed by atoms with Crippen molar-refractivity contribution in [3.63, 3.8) is 0 Å². The number of hydrogen-bond donors (Lipinski definition) is 1. The van der Waals surface area contributed by atoms with Crippen LogP contribution in [0.1, 0.15) is 45.1 Å². The third kappa shape index (κ3) is 6.63. The fourth-order valence-corrected chi connectivity index (χ4v) is 2.27. The van der Waals surface area contributed by atoms with Gasteiger partial charge in [-0.1, -0.05) is 20.8 Å². The Bertz CT molecular complexity index is 462. The summed E-state index contributed by atoms with van der Waals surface area (Å²) in [6.07, 6.45) is -3.67. The van der Waals surface area contributed by atoms with Crippen molar-refractivity contribution in [1.29, 1.82) is 0 Å². The van der Waals surface area contributed by atoms with E-state index in [1.807, 2.05) is 20.8 Å². The number of aromatic nitrogens is 2. The number of alkyl halides is 3. The highest BCUT2D eigenvalue weighted by molar-refractivity contribution is 9.10. The van der Waals surface area contributed by atoms with Gasteiger partial charge >= 0.3 is 6.18 Å². The molecule has 0 saturated carbocycles. The second kappa shape index (κ2) is 7.96. The SMILES string of the molecule is CCCNc1nc(CCC(F)(F)F)nc(CC(C)C)c1Br. The predicted molar refractivity (Wildman–Crippen MR) is 81.4 cm³/mol. The Morgan fingerprint density at radius 2 is 1.90 bits per heavy atom. The first kappa shape index (κ1) is 18.2. The van der Waals surface area contributed by atoms with Gasteiger partial charge in [-0.15, -0.1) is 0 Å². The number of anilines is 1. The monoisotopic (exact) mass is 367 g/mol. The predicted octanol–water partition coefficient (Wildman–Crippen LogP) is 4.75. The molecule has 0 spiro atoms. The van der Waals surface area contributed by atoms with Crippen LogP contribution in [0.4, 0.5) is 19.0 Å². The van der Waals surface area contributed by atoms with Crippen molar-refractivity contribution in [2.45, 2.75) is 52.6 Å². The molecule has 0 amide bonds. The summed E-state index contributed by atoms with van der Waals surface area (Å²) in [4.78, 5) is 8.50. The molecule has 0 fully saturated rings. The average Bonchev–Trinajstić information content (AvgIpc) is 2.36. The fraction of sp³-hybridized carbons (Fsp3) is 0.714. The summed E-state index contributed by atoms with van der Waals surface area (Å²) in [5.41, 5.74) is 0.760. The highest BCUT2D eigenvalue weighted by Crippen LogP contribution is 2.27. The molecule has 1 N–H and O–H groups in total. The van der Waals surface area contributed by atoms with E-state index in [2.05, 4.69) is 31.2 Å². The Kier molecular flexibility index (Phi) is 6.90. The third-order valence-electron chi connectivity index (χ3n) is 2.74. The molecular weight excluding hydrogens is 347 g/mol. The molecular formula is C14H21BrF3N3. The largest absolute Gasteiger partial charge is 0.389 e. The minimum absolute atomic E-state index is 0.192. The lowest BCUT2D eigenvalue weighted by Gasteiger charge is -2.14. The van der Waals surface area contributed by atoms with Crippen LogP contribution >= 0.6 is 15.9 Å². The quantitative estimate of drug-likeness (QED) is 0.755. The molecule has 0 saturated heterocycles. The van der Waals surface area contributed by atoms with Gasteiger partial charge in [0, 0.05) is 13.0 Å². The summed E-state index contributed by atoms with van der Waals surface area (Å²) < 4.78 is 37.8. The molecule has 0 aliphatic rings. The summed E-state index contributed by atoms with van der Waals surface area (Å²) in [5.74, 6) is 1.19. The highest BCUT2D eigenvalue weighted by Gasteiger charge is 2.27. The fourth-order valence-electron chi connectivity index (χ4n) is 1.79. The minimum Gasteiger partial charge on any atom is -0.369 e. The lowest BCUT2D eigenvalue weighted by atomic mass is 10.1. The number of aryl methyl sites for hydroxylation is 1. The van der Waals surface area contributed by atoms with E-state index in [9.17, 15) is 13.2 Å². The molecule has 0 bridgehead atoms. The van der Waals surface area contributed by atoms with Crippen LogP contribution in [0.25, 0.3) is 0 Å². The van der Waals surface area contributed by atoms with Crippen molar-refractivity contribution >= 4 is 21.7 Å². The second-order valence-corrected chi connectivity index (χ2v) is 6.18. The summed E-state index contributed by atoms with van der Waals surface area (Å²) in [7, 11) is 0. The first-order chi connectivity index (χ1) is 9.73. The van der Waals surface area contributed by atoms with Crippen LogP contribution in [-0.2, 0) is 12.8 Å². The third-order valence-corrected chi connectivity index (χ3v) is 3.58. The van der Waals surface area contributed by atoms with Gasteiger partial charge in [-0.05, 0) is 34.7 Å². The molecule has 0 aliphatic heterocycles. The molecule has 0 atom stereocenters. The van der Waals surface area contributed by atoms with Gasteiger partial charge in [0.2, 0.25) is 0 Å². The summed E-state index contributed by atoms with van der Waals surface area (Å²) in [5, 5.41) is 3.13. The topological polar surface area (TPSA) is 37.8 Å². The molecule has 1 rings (SSSR count). The van der Waals surface area contributed by atoms with Gasteiger partial charge < -0.3 is 5.32 Å². The van der Waals surface area contributed by atoms with Crippen molar-refractivity contribution in [3.05, 3.63) is 16.0 Å². The van der Waals surface area contributed by atoms with Crippen molar-refractivity contribution in [3.8, 4) is 0 Å². The number of hydrogen-bond acceptors (Lipinski definition) is 3. The van der Waals surface area contributed by atoms with E-state index in [-0.39, 0.29) is 12.2 Å². The van der Waals surface area contributed by atoms with E-state index in [1.54, 1.807) is 0 Å². The maximum atomic E-state index is 12.4. The maximum Gasteiger partial charge on any atom is 0.389 e. The van der Waals surface area contributed by atoms with Gasteiger partial charge in [0.15, 0.2) is 0 Å². The highest BCUT2D eigenvalue weighted by atomic mass is 79.9. The molecule has 0 aliphatic carbocycles. The summed E-state index contributed by atoms with van der Waals surface area (Å²) in [6, 6.07) is 0. The maximum absolute atomic E-state index is 12.4. The molecule has 21 heavy (non-hydrogen) atoms. The first-order valence-electron chi connectivity index (χ1n) is 7.08. The molecule has 0 aromatic carbocycles. The number of rotatable bonds is 7. The van der Waals surface area contributed by atoms with Gasteiger partial charge in [-0.2, -0.15) is 13.2 Å². The first-order valence-corrected chi connectivity index (χ1v) is 7.88. The number of nitrogens with zero attached hydrogens (tertiary/aromatic N) is 2. The van der Waals surface area contributed by atoms with E-state index in [4.69, 9.17) is 0 Å². The van der Waals surface area contributed by atoms with Gasteiger partial charge in [0.25, 0.3) is 0 Å². The Hall–Kier alpha value is -0.850. The molecule has 120 valence electrons. The number of nitrogens with one attached hydrogen (secondary N) is 1. The zero-order valence-electron chi connectivity index (χ0n) is 12.5. The Balaban J connectivity index is 3.01. The zero-order valence-corrected chi connectivity index (χ0v) is 14.1. The smallest absolute Gasteiger partial charge is 0.369 e. The minimum atomic E-state index is -4.19. The van der Waals surface area contributed by atoms with Gasteiger partial charge in [0.1, 0.15) is 11.6 Å². The van der Waals surface area contributed by atoms with Crippen LogP contribution in [0.3, 0.4) is 0 Å². The van der Waals surface area contributed by atoms with E-state index in [0.29, 0.717) is 18.2 Å². The van der Waals surface area contributed by atoms with E-state index in [1.165, 1.54) is 0 Å². The van der Waals surface area contributed by atoms with Gasteiger partial charge in [-0.25, -0.2) is 9.97 Å². The van der Waals surface area contributed by atoms with Crippen LogP contribution in [0, 0.1) is 5.92 Å². The molecule has 1 heterocycles. The number of halogens is 4. The van der Waals surface area contributed by atoms with E-state index >= 15 is 0 Å². The lowest BCUT2D eigenvalue weighted by molar-refractivity contribution is -0.134. The Morgan fingerprint density at radius 1 is 1.24 bits per heavy atom. The van der Waals surface area contributed by atoms with Gasteiger partial charge in [0.05, 0.1) is 16.6 Å². The zero-order chi connectivity index (χ0) is 16.0. The second-order valence-electron chi connectivity index (χ2n) is 5.39. The van der Waals surface area contributed by atoms with Crippen LogP contribution < -0.4 is 5.32 Å². The lowest BCUT2D eigenvalue weighted by Crippen LogP contribution is -2.14.